The fourth-order valence-electron chi connectivity index (χ4n) is 6.60. The lowest BCUT2D eigenvalue weighted by molar-refractivity contribution is -0.138. The highest BCUT2D eigenvalue weighted by molar-refractivity contribution is 7.92. The Labute approximate surface area is 253 Å². The van der Waals surface area contributed by atoms with Gasteiger partial charge in [-0.1, -0.05) is 13.8 Å². The first-order valence-electron chi connectivity index (χ1n) is 14.2. The Morgan fingerprint density at radius 3 is 2.32 bits per heavy atom. The maximum Gasteiger partial charge on any atom is 0.418 e. The molecule has 8 nitrogen and oxygen atoms in total. The third kappa shape index (κ3) is 5.53. The number of hydrogen-bond donors (Lipinski definition) is 1. The number of alkyl halides is 3. The molecule has 2 aromatic carbocycles. The Hall–Kier alpha value is -4.00. The first kappa shape index (κ1) is 31.4. The summed E-state index contributed by atoms with van der Waals surface area (Å²) in [7, 11) is -4.20. The van der Waals surface area contributed by atoms with Crippen molar-refractivity contribution in [3.63, 3.8) is 0 Å². The number of amides is 2. The van der Waals surface area contributed by atoms with E-state index in [-0.39, 0.29) is 28.0 Å². The number of carbonyl (C=O) groups is 2. The van der Waals surface area contributed by atoms with E-state index < -0.39 is 51.5 Å². The van der Waals surface area contributed by atoms with Crippen molar-refractivity contribution in [3.8, 4) is 0 Å². The number of sulfonamides is 1. The molecule has 1 atom stereocenters. The lowest BCUT2D eigenvalue weighted by atomic mass is 9.66. The van der Waals surface area contributed by atoms with Gasteiger partial charge in [-0.15, -0.1) is 0 Å². The van der Waals surface area contributed by atoms with E-state index in [1.54, 1.807) is 11.0 Å². The Balaban J connectivity index is 1.57. The molecular formula is C31H32F4N4O4S. The van der Waals surface area contributed by atoms with E-state index in [1.165, 1.54) is 47.8 Å². The van der Waals surface area contributed by atoms with E-state index in [0.29, 0.717) is 37.2 Å². The van der Waals surface area contributed by atoms with Gasteiger partial charge in [0.25, 0.3) is 15.9 Å². The molecule has 1 unspecified atom stereocenters. The highest BCUT2D eigenvalue weighted by Crippen LogP contribution is 2.55. The molecule has 1 N–H and O–H groups in total. The zero-order valence-corrected chi connectivity index (χ0v) is 25.2. The maximum atomic E-state index is 14.2. The van der Waals surface area contributed by atoms with Crippen LogP contribution in [0.1, 0.15) is 60.8 Å². The number of fused-ring (bicyclic) bond motifs is 2. The molecule has 1 saturated heterocycles. The van der Waals surface area contributed by atoms with E-state index in [1.807, 2.05) is 13.8 Å². The average Bonchev–Trinajstić information content (AvgIpc) is 3.26. The van der Waals surface area contributed by atoms with Crippen molar-refractivity contribution in [3.05, 3.63) is 89.0 Å². The summed E-state index contributed by atoms with van der Waals surface area (Å²) >= 11 is 0. The molecule has 2 aliphatic rings. The third-order valence-electron chi connectivity index (χ3n) is 8.57. The van der Waals surface area contributed by atoms with Crippen LogP contribution in [0.15, 0.2) is 65.7 Å². The summed E-state index contributed by atoms with van der Waals surface area (Å²) in [6.07, 6.45) is -2.59. The van der Waals surface area contributed by atoms with Crippen molar-refractivity contribution < 1.29 is 35.6 Å². The van der Waals surface area contributed by atoms with Gasteiger partial charge in [0.2, 0.25) is 5.91 Å². The van der Waals surface area contributed by atoms with E-state index in [2.05, 4.69) is 10.3 Å². The normalized spacial score (nSPS) is 18.0. The van der Waals surface area contributed by atoms with Crippen molar-refractivity contribution in [2.45, 2.75) is 62.7 Å². The van der Waals surface area contributed by atoms with Crippen LogP contribution in [0.25, 0.3) is 0 Å². The minimum Gasteiger partial charge on any atom is -0.346 e. The lowest BCUT2D eigenvalue weighted by Gasteiger charge is -2.46. The predicted molar refractivity (Wildman–Crippen MR) is 155 cm³/mol. The SMILES string of the molecule is CC(=O)N1CCC2(CC1)c1cc(C(=O)NCc3ncccc3C(F)(F)F)ccc1N(S(=O)(=O)c1ccc(F)cc1)C2C(C)C. The number of aromatic nitrogens is 1. The largest absolute Gasteiger partial charge is 0.418 e. The van der Waals surface area contributed by atoms with Crippen LogP contribution < -0.4 is 9.62 Å². The van der Waals surface area contributed by atoms with Gasteiger partial charge in [0.1, 0.15) is 5.82 Å². The van der Waals surface area contributed by atoms with Crippen LogP contribution >= 0.6 is 0 Å². The number of carbonyl (C=O) groups excluding carboxylic acids is 2. The molecule has 2 aliphatic heterocycles. The van der Waals surface area contributed by atoms with Crippen molar-refractivity contribution >= 4 is 27.5 Å². The van der Waals surface area contributed by atoms with Crippen molar-refractivity contribution in [1.82, 2.24) is 15.2 Å². The second-order valence-corrected chi connectivity index (χ2v) is 13.3. The molecule has 2 amide bonds. The minimum atomic E-state index is -4.64. The van der Waals surface area contributed by atoms with Crippen molar-refractivity contribution in [1.29, 1.82) is 0 Å². The van der Waals surface area contributed by atoms with E-state index in [4.69, 9.17) is 0 Å². The van der Waals surface area contributed by atoms with Gasteiger partial charge in [-0.05, 0) is 78.9 Å². The van der Waals surface area contributed by atoms with Crippen LogP contribution in [-0.4, -0.2) is 49.2 Å². The summed E-state index contributed by atoms with van der Waals surface area (Å²) in [4.78, 5) is 30.9. The Morgan fingerprint density at radius 2 is 1.73 bits per heavy atom. The highest BCUT2D eigenvalue weighted by atomic mass is 32.2. The fraction of sp³-hybridized carbons (Fsp3) is 0.387. The zero-order valence-electron chi connectivity index (χ0n) is 24.4. The van der Waals surface area contributed by atoms with Crippen LogP contribution in [0, 0.1) is 11.7 Å². The summed E-state index contributed by atoms with van der Waals surface area (Å²) in [6, 6.07) is 10.6. The first-order chi connectivity index (χ1) is 20.7. The molecule has 1 spiro atoms. The van der Waals surface area contributed by atoms with Gasteiger partial charge in [0.05, 0.1) is 34.4 Å². The second-order valence-electron chi connectivity index (χ2n) is 11.5. The molecule has 3 aromatic rings. The zero-order chi connectivity index (χ0) is 32.0. The third-order valence-corrected chi connectivity index (χ3v) is 10.4. The molecule has 0 aliphatic carbocycles. The summed E-state index contributed by atoms with van der Waals surface area (Å²) in [5.74, 6) is -1.54. The first-order valence-corrected chi connectivity index (χ1v) is 15.6. The van der Waals surface area contributed by atoms with Crippen molar-refractivity contribution in [2.75, 3.05) is 17.4 Å². The van der Waals surface area contributed by atoms with Crippen LogP contribution in [0.4, 0.5) is 23.2 Å². The Morgan fingerprint density at radius 1 is 1.07 bits per heavy atom. The topological polar surface area (TPSA) is 99.7 Å². The number of nitrogens with one attached hydrogen (secondary N) is 1. The number of rotatable bonds is 6. The molecule has 0 bridgehead atoms. The summed E-state index contributed by atoms with van der Waals surface area (Å²) < 4.78 is 83.8. The maximum absolute atomic E-state index is 14.2. The smallest absolute Gasteiger partial charge is 0.346 e. The molecule has 1 fully saturated rings. The Kier molecular flexibility index (Phi) is 8.21. The van der Waals surface area contributed by atoms with Crippen LogP contribution in [0.5, 0.6) is 0 Å². The second kappa shape index (κ2) is 11.5. The number of piperidine rings is 1. The van der Waals surface area contributed by atoms with Gasteiger partial charge in [-0.3, -0.25) is 18.9 Å². The van der Waals surface area contributed by atoms with Crippen LogP contribution in [0.2, 0.25) is 0 Å². The van der Waals surface area contributed by atoms with Gasteiger partial charge in [-0.2, -0.15) is 13.2 Å². The summed E-state index contributed by atoms with van der Waals surface area (Å²) in [5.41, 5.74) is -0.948. The molecule has 13 heteroatoms. The monoisotopic (exact) mass is 632 g/mol. The number of hydrogen-bond acceptors (Lipinski definition) is 5. The Bertz CT molecular complexity index is 1690. The fourth-order valence-corrected chi connectivity index (χ4v) is 8.47. The van der Waals surface area contributed by atoms with Gasteiger partial charge >= 0.3 is 6.18 Å². The summed E-state index contributed by atoms with van der Waals surface area (Å²) in [6.45, 7) is 5.56. The number of pyridine rings is 1. The molecule has 44 heavy (non-hydrogen) atoms. The average molecular weight is 633 g/mol. The lowest BCUT2D eigenvalue weighted by Crippen LogP contribution is -2.55. The van der Waals surface area contributed by atoms with Crippen LogP contribution in [-0.2, 0) is 33.0 Å². The van der Waals surface area contributed by atoms with Gasteiger partial charge in [0.15, 0.2) is 0 Å². The number of nitrogens with zero attached hydrogens (tertiary/aromatic N) is 3. The molecular weight excluding hydrogens is 600 g/mol. The van der Waals surface area contributed by atoms with Crippen molar-refractivity contribution in [2.24, 2.45) is 5.92 Å². The molecule has 3 heterocycles. The quantitative estimate of drug-likeness (QED) is 0.373. The minimum absolute atomic E-state index is 0.0913. The summed E-state index contributed by atoms with van der Waals surface area (Å²) in [5, 5.41) is 2.52. The van der Waals surface area contributed by atoms with Gasteiger partial charge in [-0.25, -0.2) is 12.8 Å². The number of likely N-dealkylation sites (tertiary alicyclic amines) is 1. The molecule has 234 valence electrons. The van der Waals surface area contributed by atoms with Gasteiger partial charge in [0, 0.05) is 37.2 Å². The van der Waals surface area contributed by atoms with Gasteiger partial charge < -0.3 is 10.2 Å². The molecule has 5 rings (SSSR count). The van der Waals surface area contributed by atoms with E-state index >= 15 is 0 Å². The predicted octanol–water partition coefficient (Wildman–Crippen LogP) is 5.28. The van der Waals surface area contributed by atoms with Crippen LogP contribution in [0.3, 0.4) is 0 Å². The van der Waals surface area contributed by atoms with E-state index in [9.17, 15) is 35.6 Å². The molecule has 1 aromatic heterocycles. The number of halogens is 4. The highest BCUT2D eigenvalue weighted by Gasteiger charge is 2.56. The number of benzene rings is 2. The number of anilines is 1. The van der Waals surface area contributed by atoms with E-state index in [0.717, 1.165) is 18.2 Å². The molecule has 0 radical (unpaired) electrons. The standard InChI is InChI=1S/C31H32F4N4O4S/c1-19(2)28-30(12-15-38(16-13-30)20(3)40)25-17-21(29(41)37-18-26-24(31(33,34)35)5-4-14-36-26)6-11-27(25)39(28)44(42,43)23-9-7-22(32)8-10-23/h4-11,14,17,19,28H,12-13,15-16,18H2,1-3H3,(H,37,41). The molecule has 0 saturated carbocycles.